The predicted molar refractivity (Wildman–Crippen MR) is 114 cm³/mol. The molecule has 0 bridgehead atoms. The van der Waals surface area contributed by atoms with E-state index in [1.54, 1.807) is 24.8 Å². The quantitative estimate of drug-likeness (QED) is 0.597. The Morgan fingerprint density at radius 3 is 2.90 bits per heavy atom. The number of nitrogens with zero attached hydrogens (tertiary/aromatic N) is 5. The Labute approximate surface area is 178 Å². The van der Waals surface area contributed by atoms with Crippen molar-refractivity contribution in [3.63, 3.8) is 0 Å². The van der Waals surface area contributed by atoms with E-state index in [0.717, 1.165) is 54.6 Å². The summed E-state index contributed by atoms with van der Waals surface area (Å²) >= 11 is 0. The number of nitrogens with one attached hydrogen (secondary N) is 2. The van der Waals surface area contributed by atoms with E-state index in [1.165, 1.54) is 0 Å². The SMILES string of the molecule is O=C1N([C@@H]2CCC[C@@H](O)C2)c2nc(Nc3cn[nH]c3-c3cccnc3)ncc2C12CC2. The number of pyridine rings is 1. The monoisotopic (exact) mass is 417 g/mol. The van der Waals surface area contributed by atoms with Crippen LogP contribution in [-0.2, 0) is 10.2 Å². The number of aliphatic hydroxyl groups excluding tert-OH is 1. The number of H-pyrrole nitrogens is 1. The van der Waals surface area contributed by atoms with Gasteiger partial charge in [0.25, 0.3) is 0 Å². The van der Waals surface area contributed by atoms with Gasteiger partial charge in [-0.15, -0.1) is 0 Å². The molecule has 2 saturated carbocycles. The minimum absolute atomic E-state index is 0.0161. The molecule has 2 fully saturated rings. The molecule has 3 N–H and O–H groups in total. The van der Waals surface area contributed by atoms with Gasteiger partial charge in [0.15, 0.2) is 0 Å². The first-order chi connectivity index (χ1) is 15.2. The van der Waals surface area contributed by atoms with E-state index in [4.69, 9.17) is 4.98 Å². The van der Waals surface area contributed by atoms with Crippen molar-refractivity contribution >= 4 is 23.4 Å². The van der Waals surface area contributed by atoms with Crippen LogP contribution >= 0.6 is 0 Å². The number of aromatic nitrogens is 5. The number of hydrogen-bond acceptors (Lipinski definition) is 7. The molecule has 9 nitrogen and oxygen atoms in total. The van der Waals surface area contributed by atoms with Crippen molar-refractivity contribution in [3.05, 3.63) is 42.5 Å². The fourth-order valence-electron chi connectivity index (χ4n) is 4.95. The lowest BCUT2D eigenvalue weighted by Gasteiger charge is -2.33. The molecule has 1 aliphatic heterocycles. The van der Waals surface area contributed by atoms with Crippen LogP contribution in [0.2, 0.25) is 0 Å². The molecule has 0 unspecified atom stereocenters. The summed E-state index contributed by atoms with van der Waals surface area (Å²) in [5.41, 5.74) is 2.89. The van der Waals surface area contributed by atoms with Gasteiger partial charge in [0, 0.05) is 35.8 Å². The highest BCUT2D eigenvalue weighted by Crippen LogP contribution is 2.57. The number of fused-ring (bicyclic) bond motifs is 2. The number of rotatable bonds is 4. The van der Waals surface area contributed by atoms with Gasteiger partial charge in [-0.2, -0.15) is 10.1 Å². The van der Waals surface area contributed by atoms with Crippen molar-refractivity contribution in [2.75, 3.05) is 10.2 Å². The van der Waals surface area contributed by atoms with Crippen molar-refractivity contribution in [3.8, 4) is 11.3 Å². The van der Waals surface area contributed by atoms with Gasteiger partial charge in [0.2, 0.25) is 11.9 Å². The minimum Gasteiger partial charge on any atom is -0.393 e. The standard InChI is InChI=1S/C22H23N7O2/c30-15-5-1-4-14(9-15)29-19-16(22(6-7-22)20(29)31)11-24-21(27-19)26-17-12-25-28-18(17)13-3-2-8-23-10-13/h2-3,8,10-12,14-15,30H,1,4-7,9H2,(H,25,28)(H,24,26,27)/t14-,15-/m1/s1. The van der Waals surface area contributed by atoms with Gasteiger partial charge in [0.05, 0.1) is 29.1 Å². The molecular formula is C22H23N7O2. The van der Waals surface area contributed by atoms with Gasteiger partial charge in [-0.05, 0) is 50.7 Å². The molecule has 4 heterocycles. The minimum atomic E-state index is -0.452. The van der Waals surface area contributed by atoms with Crippen LogP contribution in [0.3, 0.4) is 0 Å². The average Bonchev–Trinajstić information content (AvgIpc) is 3.40. The van der Waals surface area contributed by atoms with E-state index in [2.05, 4.69) is 25.5 Å². The summed E-state index contributed by atoms with van der Waals surface area (Å²) in [5, 5.41) is 20.6. The van der Waals surface area contributed by atoms with E-state index in [1.807, 2.05) is 17.0 Å². The molecular weight excluding hydrogens is 394 g/mol. The number of aliphatic hydroxyl groups is 1. The summed E-state index contributed by atoms with van der Waals surface area (Å²) < 4.78 is 0. The average molecular weight is 417 g/mol. The lowest BCUT2D eigenvalue weighted by Crippen LogP contribution is -2.44. The first kappa shape index (κ1) is 18.4. The summed E-state index contributed by atoms with van der Waals surface area (Å²) in [6.45, 7) is 0. The van der Waals surface area contributed by atoms with E-state index in [0.29, 0.717) is 18.2 Å². The summed E-state index contributed by atoms with van der Waals surface area (Å²) in [6.07, 6.45) is 11.5. The van der Waals surface area contributed by atoms with E-state index in [-0.39, 0.29) is 18.1 Å². The summed E-state index contributed by atoms with van der Waals surface area (Å²) in [6, 6.07) is 3.79. The largest absolute Gasteiger partial charge is 0.393 e. The topological polar surface area (TPSA) is 120 Å². The van der Waals surface area contributed by atoms with Crippen LogP contribution in [0.15, 0.2) is 36.9 Å². The van der Waals surface area contributed by atoms with Crippen molar-refractivity contribution in [2.24, 2.45) is 0 Å². The van der Waals surface area contributed by atoms with Crippen LogP contribution in [0.4, 0.5) is 17.5 Å². The van der Waals surface area contributed by atoms with Gasteiger partial charge in [0.1, 0.15) is 5.82 Å². The first-order valence-corrected chi connectivity index (χ1v) is 10.8. The normalized spacial score (nSPS) is 23.8. The van der Waals surface area contributed by atoms with Crippen molar-refractivity contribution in [1.82, 2.24) is 25.1 Å². The molecule has 3 aromatic rings. The van der Waals surface area contributed by atoms with Crippen LogP contribution in [-0.4, -0.2) is 48.3 Å². The summed E-state index contributed by atoms with van der Waals surface area (Å²) in [5.74, 6) is 1.22. The van der Waals surface area contributed by atoms with Crippen molar-refractivity contribution < 1.29 is 9.90 Å². The number of amides is 1. The molecule has 2 atom stereocenters. The Bertz CT molecular complexity index is 1140. The number of carbonyl (C=O) groups is 1. The molecule has 2 aliphatic carbocycles. The van der Waals surface area contributed by atoms with Gasteiger partial charge in [-0.1, -0.05) is 0 Å². The molecule has 3 aromatic heterocycles. The molecule has 0 saturated heterocycles. The Morgan fingerprint density at radius 2 is 2.13 bits per heavy atom. The number of hydrogen-bond donors (Lipinski definition) is 3. The maximum atomic E-state index is 13.4. The Kier molecular flexibility index (Phi) is 4.07. The van der Waals surface area contributed by atoms with Crippen molar-refractivity contribution in [1.29, 1.82) is 0 Å². The lowest BCUT2D eigenvalue weighted by molar-refractivity contribution is -0.121. The lowest BCUT2D eigenvalue weighted by atomic mass is 9.92. The highest BCUT2D eigenvalue weighted by Gasteiger charge is 2.61. The van der Waals surface area contributed by atoms with Crippen LogP contribution in [0.1, 0.15) is 44.1 Å². The second-order valence-corrected chi connectivity index (χ2v) is 8.69. The van der Waals surface area contributed by atoms with Crippen LogP contribution < -0.4 is 10.2 Å². The molecule has 0 aromatic carbocycles. The molecule has 158 valence electrons. The number of aromatic amines is 1. The molecule has 1 spiro atoms. The second-order valence-electron chi connectivity index (χ2n) is 8.69. The van der Waals surface area contributed by atoms with Crippen molar-refractivity contribution in [2.45, 2.75) is 56.1 Å². The molecule has 31 heavy (non-hydrogen) atoms. The van der Waals surface area contributed by atoms with Gasteiger partial charge in [-0.25, -0.2) is 4.98 Å². The zero-order valence-corrected chi connectivity index (χ0v) is 17.0. The fourth-order valence-corrected chi connectivity index (χ4v) is 4.95. The number of carbonyl (C=O) groups excluding carboxylic acids is 1. The van der Waals surface area contributed by atoms with Crippen LogP contribution in [0, 0.1) is 0 Å². The maximum absolute atomic E-state index is 13.4. The molecule has 6 rings (SSSR count). The fraction of sp³-hybridized carbons (Fsp3) is 0.409. The third-order valence-corrected chi connectivity index (χ3v) is 6.71. The third kappa shape index (κ3) is 2.91. The summed E-state index contributed by atoms with van der Waals surface area (Å²) in [7, 11) is 0. The molecule has 3 aliphatic rings. The summed E-state index contributed by atoms with van der Waals surface area (Å²) in [4.78, 5) is 28.7. The molecule has 0 radical (unpaired) electrons. The second kappa shape index (κ2) is 6.84. The Balaban J connectivity index is 1.35. The number of anilines is 3. The smallest absolute Gasteiger partial charge is 0.239 e. The Morgan fingerprint density at radius 1 is 1.23 bits per heavy atom. The zero-order valence-electron chi connectivity index (χ0n) is 17.0. The predicted octanol–water partition coefficient (Wildman–Crippen LogP) is 2.69. The first-order valence-electron chi connectivity index (χ1n) is 10.8. The molecule has 1 amide bonds. The van der Waals surface area contributed by atoms with Crippen LogP contribution in [0.25, 0.3) is 11.3 Å². The highest BCUT2D eigenvalue weighted by atomic mass is 16.3. The third-order valence-electron chi connectivity index (χ3n) is 6.71. The Hall–Kier alpha value is -3.33. The van der Waals surface area contributed by atoms with E-state index in [9.17, 15) is 9.90 Å². The van der Waals surface area contributed by atoms with Gasteiger partial charge < -0.3 is 10.4 Å². The van der Waals surface area contributed by atoms with Crippen LogP contribution in [0.5, 0.6) is 0 Å². The van der Waals surface area contributed by atoms with E-state index < -0.39 is 5.41 Å². The zero-order chi connectivity index (χ0) is 21.0. The highest BCUT2D eigenvalue weighted by molar-refractivity contribution is 6.09. The van der Waals surface area contributed by atoms with Gasteiger partial charge >= 0.3 is 0 Å². The maximum Gasteiger partial charge on any atom is 0.239 e. The van der Waals surface area contributed by atoms with Gasteiger partial charge in [-0.3, -0.25) is 19.8 Å². The van der Waals surface area contributed by atoms with E-state index >= 15 is 0 Å². The molecule has 9 heteroatoms.